The van der Waals surface area contributed by atoms with Crippen molar-refractivity contribution in [1.82, 2.24) is 4.90 Å². The molecule has 3 aromatic rings. The third kappa shape index (κ3) is 3.69. The lowest BCUT2D eigenvalue weighted by Gasteiger charge is -2.37. The maximum atomic E-state index is 13.9. The van der Waals surface area contributed by atoms with Gasteiger partial charge in [0.25, 0.3) is 0 Å². The minimum absolute atomic E-state index is 0.0402. The van der Waals surface area contributed by atoms with Gasteiger partial charge in [-0.05, 0) is 53.6 Å². The second-order valence-corrected chi connectivity index (χ2v) is 7.55. The van der Waals surface area contributed by atoms with Gasteiger partial charge in [0.05, 0.1) is 27.1 Å². The Labute approximate surface area is 213 Å². The summed E-state index contributed by atoms with van der Waals surface area (Å²) in [6.45, 7) is -3.19. The number of carbonyl (C=O) groups is 1. The second kappa shape index (κ2) is 8.79. The normalized spacial score (nSPS) is 27.9. The van der Waals surface area contributed by atoms with Crippen molar-refractivity contribution in [1.29, 1.82) is 0 Å². The number of fused-ring (bicyclic) bond motifs is 1. The molecule has 2 heterocycles. The van der Waals surface area contributed by atoms with Gasteiger partial charge in [0.2, 0.25) is 5.91 Å². The van der Waals surface area contributed by atoms with Crippen LogP contribution in [0.3, 0.4) is 0 Å². The van der Waals surface area contributed by atoms with Crippen molar-refractivity contribution < 1.29 is 32.8 Å². The van der Waals surface area contributed by atoms with Gasteiger partial charge < -0.3 is 15.4 Å². The fourth-order valence-corrected chi connectivity index (χ4v) is 4.31. The van der Waals surface area contributed by atoms with Gasteiger partial charge in [-0.25, -0.2) is 0 Å². The Morgan fingerprint density at radius 1 is 1.12 bits per heavy atom. The molecule has 4 heteroatoms. The largest absolute Gasteiger partial charge is 0.493 e. The smallest absolute Gasteiger partial charge is 0.232 e. The Bertz CT molecular complexity index is 1800. The number of primary amides is 1. The van der Waals surface area contributed by atoms with Crippen LogP contribution in [0.1, 0.15) is 52.0 Å². The molecule has 32 heavy (non-hydrogen) atoms. The third-order valence-corrected chi connectivity index (χ3v) is 5.82. The molecule has 0 unspecified atom stereocenters. The summed E-state index contributed by atoms with van der Waals surface area (Å²) in [5.74, 6) is -2.93. The molecule has 0 aliphatic carbocycles. The maximum Gasteiger partial charge on any atom is 0.232 e. The summed E-state index contributed by atoms with van der Waals surface area (Å²) in [5.41, 5.74) is 1.46. The maximum absolute atomic E-state index is 13.9. The number of amides is 1. The highest BCUT2D eigenvalue weighted by Crippen LogP contribution is 2.43. The zero-order valence-corrected chi connectivity index (χ0v) is 17.0. The van der Waals surface area contributed by atoms with Gasteiger partial charge in [-0.3, -0.25) is 4.79 Å². The molecule has 0 aromatic heterocycles. The van der Waals surface area contributed by atoms with E-state index in [0.717, 1.165) is 0 Å². The number of hydrogen-bond donors (Lipinski definition) is 1. The van der Waals surface area contributed by atoms with Crippen LogP contribution in [0.4, 0.5) is 0 Å². The lowest BCUT2D eigenvalue weighted by molar-refractivity contribution is -0.123. The highest BCUT2D eigenvalue weighted by Gasteiger charge is 2.49. The first-order valence-electron chi connectivity index (χ1n) is 18.5. The predicted molar refractivity (Wildman–Crippen MR) is 127 cm³/mol. The number of nitrogens with zero attached hydrogens (tertiary/aromatic N) is 1. The quantitative estimate of drug-likeness (QED) is 0.601. The SMILES string of the molecule is [2H]c1c([2H])c([2H])c(C(C(N)=O)(c2c([2H])c([2H])c([2H])c([2H])c2[2H])[C@@H]2CCN(CC([2H])([2H])c3c([2H])c([2H])c4c(c3[2H])CC([2H])([2H])O4)C2)c([2H])c1[2H]. The minimum atomic E-state index is -2.62. The molecule has 3 aromatic carbocycles. The number of benzene rings is 3. The van der Waals surface area contributed by atoms with Crippen molar-refractivity contribution in [3.8, 4) is 5.75 Å². The van der Waals surface area contributed by atoms with Gasteiger partial charge in [-0.15, -0.1) is 0 Å². The number of ether oxygens (including phenoxy) is 1. The van der Waals surface area contributed by atoms with E-state index < -0.39 is 138 Å². The molecule has 164 valence electrons. The number of hydrogen-bond acceptors (Lipinski definition) is 3. The molecule has 2 N–H and O–H groups in total. The van der Waals surface area contributed by atoms with Crippen molar-refractivity contribution in [3.63, 3.8) is 0 Å². The van der Waals surface area contributed by atoms with Gasteiger partial charge in [-0.1, -0.05) is 72.5 Å². The molecule has 5 rings (SSSR count). The van der Waals surface area contributed by atoms with Crippen LogP contribution in [0.15, 0.2) is 78.6 Å². The molecule has 4 nitrogen and oxygen atoms in total. The summed E-state index contributed by atoms with van der Waals surface area (Å²) in [6, 6.07) is -10.4. The standard InChI is InChI=1S/C28H30N2O2/c29-27(31)28(23-7-3-1-4-8-23,24-9-5-2-6-10-24)25-14-17-30(20-25)16-13-21-11-12-26-22(19-21)15-18-32-26/h1-12,19,25H,13-18,20H2,(H2,29,31)/t25-/m1/s1/i1D,2D,3D,4D,5D,6D,7D,8D,9D,10D,11D,12D,13D2,18D2,19D. The van der Waals surface area contributed by atoms with Crippen LogP contribution in [-0.2, 0) is 23.0 Å². The average molecular weight is 444 g/mol. The zero-order valence-electron chi connectivity index (χ0n) is 34.0. The molecular formula is C28H30N2O2. The highest BCUT2D eigenvalue weighted by molar-refractivity contribution is 5.91. The van der Waals surface area contributed by atoms with Gasteiger partial charge in [0.1, 0.15) is 11.2 Å². The van der Waals surface area contributed by atoms with Crippen molar-refractivity contribution in [2.75, 3.05) is 26.2 Å². The van der Waals surface area contributed by atoms with Crippen molar-refractivity contribution >= 4 is 5.91 Å². The fourth-order valence-electron chi connectivity index (χ4n) is 4.31. The third-order valence-electron chi connectivity index (χ3n) is 5.82. The molecule has 1 amide bonds. The van der Waals surface area contributed by atoms with Crippen LogP contribution in [0.5, 0.6) is 5.75 Å². The van der Waals surface area contributed by atoms with E-state index >= 15 is 0 Å². The van der Waals surface area contributed by atoms with Gasteiger partial charge in [0.15, 0.2) is 0 Å². The molecule has 2 aliphatic heterocycles. The summed E-state index contributed by atoms with van der Waals surface area (Å²) in [5, 5.41) is 0. The number of nitrogens with two attached hydrogens (primary N) is 1. The lowest BCUT2D eigenvalue weighted by Crippen LogP contribution is -2.49. The highest BCUT2D eigenvalue weighted by atomic mass is 16.5. The first-order chi connectivity index (χ1) is 22.5. The molecule has 0 spiro atoms. The van der Waals surface area contributed by atoms with E-state index in [2.05, 4.69) is 0 Å². The Morgan fingerprint density at radius 2 is 1.81 bits per heavy atom. The summed E-state index contributed by atoms with van der Waals surface area (Å²) >= 11 is 0. The van der Waals surface area contributed by atoms with Crippen molar-refractivity contribution in [2.45, 2.75) is 24.6 Å². The van der Waals surface area contributed by atoms with E-state index in [4.69, 9.17) is 33.8 Å². The molecule has 0 radical (unpaired) electrons. The summed E-state index contributed by atoms with van der Waals surface area (Å²) in [7, 11) is 0. The van der Waals surface area contributed by atoms with Crippen LogP contribution in [0.2, 0.25) is 0 Å². The molecule has 1 saturated heterocycles. The molecule has 0 bridgehead atoms. The average Bonchev–Trinajstić information content (AvgIpc) is 3.62. The predicted octanol–water partition coefficient (Wildman–Crippen LogP) is 3.96. The molecule has 0 saturated carbocycles. The second-order valence-electron chi connectivity index (χ2n) is 7.55. The van der Waals surface area contributed by atoms with E-state index in [1.165, 1.54) is 4.90 Å². The number of rotatable bonds is 7. The number of carbonyl (C=O) groups excluding carboxylic acids is 1. The minimum Gasteiger partial charge on any atom is -0.493 e. The van der Waals surface area contributed by atoms with Gasteiger partial charge in [-0.2, -0.15) is 0 Å². The summed E-state index contributed by atoms with van der Waals surface area (Å²) in [6.07, 6.45) is -3.09. The summed E-state index contributed by atoms with van der Waals surface area (Å²) < 4.78 is 149. The van der Waals surface area contributed by atoms with Crippen LogP contribution in [0, 0.1) is 5.92 Å². The number of likely N-dealkylation sites (tertiary alicyclic amines) is 1. The van der Waals surface area contributed by atoms with Gasteiger partial charge in [0, 0.05) is 22.3 Å². The molecule has 1 atom stereocenters. The lowest BCUT2D eigenvalue weighted by atomic mass is 9.64. The zero-order chi connectivity index (χ0) is 36.9. The molecule has 1 fully saturated rings. The van der Waals surface area contributed by atoms with Crippen LogP contribution in [-0.4, -0.2) is 37.0 Å². The van der Waals surface area contributed by atoms with E-state index in [9.17, 15) is 4.79 Å². The summed E-state index contributed by atoms with van der Waals surface area (Å²) in [4.78, 5) is 15.3. The molecular weight excluding hydrogens is 396 g/mol. The van der Waals surface area contributed by atoms with E-state index in [0.29, 0.717) is 0 Å². The van der Waals surface area contributed by atoms with Crippen LogP contribution >= 0.6 is 0 Å². The Balaban J connectivity index is 1.69. The van der Waals surface area contributed by atoms with E-state index in [1.54, 1.807) is 0 Å². The van der Waals surface area contributed by atoms with Crippen molar-refractivity contribution in [3.05, 3.63) is 101 Å². The Morgan fingerprint density at radius 3 is 2.47 bits per heavy atom. The Kier molecular flexibility index (Phi) is 2.48. The van der Waals surface area contributed by atoms with Crippen molar-refractivity contribution in [2.24, 2.45) is 11.7 Å². The van der Waals surface area contributed by atoms with Crippen LogP contribution < -0.4 is 10.5 Å². The Hall–Kier alpha value is -3.11. The van der Waals surface area contributed by atoms with Crippen LogP contribution in [0.25, 0.3) is 0 Å². The van der Waals surface area contributed by atoms with E-state index in [-0.39, 0.29) is 30.8 Å². The van der Waals surface area contributed by atoms with E-state index in [1.807, 2.05) is 0 Å². The topological polar surface area (TPSA) is 55.6 Å². The molecule has 2 aliphatic rings. The monoisotopic (exact) mass is 443 g/mol. The first-order valence-corrected chi connectivity index (χ1v) is 10.0. The fraction of sp³-hybridized carbons (Fsp3) is 0.321. The van der Waals surface area contributed by atoms with Gasteiger partial charge >= 0.3 is 0 Å². The first kappa shape index (κ1) is 9.03.